The van der Waals surface area contributed by atoms with Gasteiger partial charge in [0.25, 0.3) is 5.91 Å². The molecule has 0 saturated carbocycles. The largest absolute Gasteiger partial charge is 0.320 e. The summed E-state index contributed by atoms with van der Waals surface area (Å²) >= 11 is 0. The van der Waals surface area contributed by atoms with Crippen LogP contribution in [0.25, 0.3) is 0 Å². The van der Waals surface area contributed by atoms with Gasteiger partial charge in [-0.1, -0.05) is 6.07 Å². The van der Waals surface area contributed by atoms with Gasteiger partial charge in [0, 0.05) is 6.07 Å². The first-order valence-electron chi connectivity index (χ1n) is 4.16. The number of nitrogens with two attached hydrogens (primary N) is 1. The average Bonchev–Trinajstić information content (AvgIpc) is 2.16. The molecule has 0 bridgehead atoms. The van der Waals surface area contributed by atoms with E-state index in [0.717, 1.165) is 6.07 Å². The summed E-state index contributed by atoms with van der Waals surface area (Å²) in [5, 5.41) is 9.77. The predicted octanol–water partition coefficient (Wildman–Crippen LogP) is 0.431. The first-order chi connectivity index (χ1) is 6.59. The molecule has 14 heavy (non-hydrogen) atoms. The van der Waals surface area contributed by atoms with Crippen LogP contribution in [0.2, 0.25) is 0 Å². The van der Waals surface area contributed by atoms with E-state index in [2.05, 4.69) is 0 Å². The molecule has 1 amide bonds. The molecule has 0 spiro atoms. The van der Waals surface area contributed by atoms with Gasteiger partial charge in [-0.05, 0) is 18.1 Å². The first kappa shape index (κ1) is 9.11. The quantitative estimate of drug-likeness (QED) is 0.591. The van der Waals surface area contributed by atoms with E-state index in [9.17, 15) is 14.4 Å². The molecule has 5 heteroatoms. The molecular weight excluding hydrogens is 187 g/mol. The van der Waals surface area contributed by atoms with Crippen molar-refractivity contribution in [2.45, 2.75) is 12.5 Å². The zero-order chi connectivity index (χ0) is 10.3. The minimum Gasteiger partial charge on any atom is -0.320 e. The van der Waals surface area contributed by atoms with E-state index in [1.807, 2.05) is 0 Å². The van der Waals surface area contributed by atoms with Crippen LogP contribution in [0.1, 0.15) is 5.56 Å². The van der Waals surface area contributed by atoms with Crippen LogP contribution in [0.5, 0.6) is 0 Å². The van der Waals surface area contributed by atoms with Crippen molar-refractivity contribution in [2.24, 2.45) is 5.73 Å². The molecule has 1 unspecified atom stereocenters. The van der Waals surface area contributed by atoms with Crippen LogP contribution in [-0.2, 0) is 11.2 Å². The van der Waals surface area contributed by atoms with E-state index in [0.29, 0.717) is 17.0 Å². The molecule has 4 nitrogen and oxygen atoms in total. The molecule has 1 aromatic rings. The third-order valence-electron chi connectivity index (χ3n) is 2.24. The number of amides is 1. The minimum atomic E-state index is -0.752. The summed E-state index contributed by atoms with van der Waals surface area (Å²) in [6.45, 7) is 0. The van der Waals surface area contributed by atoms with Crippen molar-refractivity contribution in [3.8, 4) is 0 Å². The highest BCUT2D eigenvalue weighted by Crippen LogP contribution is 2.26. The fraction of sp³-hybridized carbons (Fsp3) is 0.222. The highest BCUT2D eigenvalue weighted by Gasteiger charge is 2.29. The third-order valence-corrected chi connectivity index (χ3v) is 2.24. The van der Waals surface area contributed by atoms with Crippen LogP contribution in [0.3, 0.4) is 0 Å². The molecular formula is C9H9FN2O2. The molecule has 1 atom stereocenters. The Bertz CT molecular complexity index is 394. The molecule has 0 saturated heterocycles. The number of anilines is 1. The lowest BCUT2D eigenvalue weighted by molar-refractivity contribution is -0.125. The second-order valence-electron chi connectivity index (χ2n) is 3.23. The SMILES string of the molecule is NC1Cc2ccc(F)cc2N(O)C1=O. The Labute approximate surface area is 79.7 Å². The number of carbonyl (C=O) groups is 1. The van der Waals surface area contributed by atoms with E-state index in [1.54, 1.807) is 0 Å². The second kappa shape index (κ2) is 3.04. The molecule has 0 aromatic heterocycles. The highest BCUT2D eigenvalue weighted by molar-refractivity contribution is 5.98. The van der Waals surface area contributed by atoms with Crippen LogP contribution >= 0.6 is 0 Å². The van der Waals surface area contributed by atoms with Crippen LogP contribution in [0, 0.1) is 5.82 Å². The van der Waals surface area contributed by atoms with Crippen molar-refractivity contribution >= 4 is 11.6 Å². The van der Waals surface area contributed by atoms with Crippen LogP contribution in [-0.4, -0.2) is 17.2 Å². The van der Waals surface area contributed by atoms with E-state index in [1.165, 1.54) is 12.1 Å². The lowest BCUT2D eigenvalue weighted by Gasteiger charge is -2.27. The summed E-state index contributed by atoms with van der Waals surface area (Å²) < 4.78 is 12.8. The van der Waals surface area contributed by atoms with E-state index in [4.69, 9.17) is 5.73 Å². The fourth-order valence-electron chi connectivity index (χ4n) is 1.51. The molecule has 1 aromatic carbocycles. The van der Waals surface area contributed by atoms with Gasteiger partial charge in [0.15, 0.2) is 0 Å². The Balaban J connectivity index is 2.51. The number of fused-ring (bicyclic) bond motifs is 1. The van der Waals surface area contributed by atoms with E-state index < -0.39 is 17.8 Å². The third kappa shape index (κ3) is 1.26. The van der Waals surface area contributed by atoms with Gasteiger partial charge in [-0.25, -0.2) is 4.39 Å². The van der Waals surface area contributed by atoms with Crippen molar-refractivity contribution in [3.05, 3.63) is 29.6 Å². The number of carbonyl (C=O) groups excluding carboxylic acids is 1. The predicted molar refractivity (Wildman–Crippen MR) is 47.4 cm³/mol. The van der Waals surface area contributed by atoms with Gasteiger partial charge in [0.1, 0.15) is 5.82 Å². The number of nitrogens with zero attached hydrogens (tertiary/aromatic N) is 1. The molecule has 1 aliphatic rings. The van der Waals surface area contributed by atoms with Gasteiger partial charge in [-0.3, -0.25) is 10.0 Å². The summed E-state index contributed by atoms with van der Waals surface area (Å²) in [6.07, 6.45) is 0.325. The summed E-state index contributed by atoms with van der Waals surface area (Å²) in [5.74, 6) is -1.10. The zero-order valence-corrected chi connectivity index (χ0v) is 7.27. The van der Waals surface area contributed by atoms with Crippen LogP contribution in [0.15, 0.2) is 18.2 Å². The number of hydrogen-bond acceptors (Lipinski definition) is 3. The van der Waals surface area contributed by atoms with Crippen LogP contribution < -0.4 is 10.8 Å². The summed E-state index contributed by atoms with van der Waals surface area (Å²) in [5.41, 5.74) is 6.32. The molecule has 0 fully saturated rings. The molecule has 2 rings (SSSR count). The summed E-state index contributed by atoms with van der Waals surface area (Å²) in [4.78, 5) is 11.2. The van der Waals surface area contributed by atoms with Crippen LogP contribution in [0.4, 0.5) is 10.1 Å². The number of rotatable bonds is 0. The minimum absolute atomic E-state index is 0.178. The monoisotopic (exact) mass is 196 g/mol. The zero-order valence-electron chi connectivity index (χ0n) is 7.27. The first-order valence-corrected chi connectivity index (χ1v) is 4.16. The summed E-state index contributed by atoms with van der Waals surface area (Å²) in [6, 6.07) is 3.15. The van der Waals surface area contributed by atoms with Crippen molar-refractivity contribution in [3.63, 3.8) is 0 Å². The van der Waals surface area contributed by atoms with E-state index >= 15 is 0 Å². The Hall–Kier alpha value is -1.46. The maximum Gasteiger partial charge on any atom is 0.267 e. The van der Waals surface area contributed by atoms with Crippen molar-refractivity contribution in [1.82, 2.24) is 0 Å². The lowest BCUT2D eigenvalue weighted by atomic mass is 9.99. The van der Waals surface area contributed by atoms with Gasteiger partial charge in [0.2, 0.25) is 0 Å². The van der Waals surface area contributed by atoms with Crippen molar-refractivity contribution in [2.75, 3.05) is 5.06 Å². The van der Waals surface area contributed by atoms with E-state index in [-0.39, 0.29) is 5.69 Å². The number of hydrogen-bond donors (Lipinski definition) is 2. The van der Waals surface area contributed by atoms with Gasteiger partial charge in [-0.15, -0.1) is 0 Å². The van der Waals surface area contributed by atoms with Gasteiger partial charge in [0.05, 0.1) is 11.7 Å². The van der Waals surface area contributed by atoms with Crippen molar-refractivity contribution < 1.29 is 14.4 Å². The smallest absolute Gasteiger partial charge is 0.267 e. The Kier molecular flexibility index (Phi) is 1.98. The summed E-state index contributed by atoms with van der Waals surface area (Å²) in [7, 11) is 0. The Morgan fingerprint density at radius 1 is 1.57 bits per heavy atom. The number of hydroxylamine groups is 1. The number of benzene rings is 1. The maximum absolute atomic E-state index is 12.8. The fourth-order valence-corrected chi connectivity index (χ4v) is 1.51. The Morgan fingerprint density at radius 2 is 2.29 bits per heavy atom. The molecule has 74 valence electrons. The van der Waals surface area contributed by atoms with Gasteiger partial charge >= 0.3 is 0 Å². The molecule has 3 N–H and O–H groups in total. The Morgan fingerprint density at radius 3 is 3.00 bits per heavy atom. The standard InChI is InChI=1S/C9H9FN2O2/c10-6-2-1-5-3-7(11)9(13)12(14)8(5)4-6/h1-2,4,7,14H,3,11H2. The normalized spacial score (nSPS) is 20.9. The number of halogens is 1. The second-order valence-corrected chi connectivity index (χ2v) is 3.23. The molecule has 0 aliphatic carbocycles. The topological polar surface area (TPSA) is 66.6 Å². The highest BCUT2D eigenvalue weighted by atomic mass is 19.1. The molecule has 0 radical (unpaired) electrons. The van der Waals surface area contributed by atoms with Crippen molar-refractivity contribution in [1.29, 1.82) is 0 Å². The van der Waals surface area contributed by atoms with Gasteiger partial charge < -0.3 is 5.73 Å². The average molecular weight is 196 g/mol. The maximum atomic E-state index is 12.8. The molecule has 1 heterocycles. The lowest BCUT2D eigenvalue weighted by Crippen LogP contribution is -2.47. The van der Waals surface area contributed by atoms with Gasteiger partial charge in [-0.2, -0.15) is 5.06 Å². The molecule has 1 aliphatic heterocycles.